The Labute approximate surface area is 197 Å². The van der Waals surface area contributed by atoms with E-state index in [1.807, 2.05) is 32.0 Å². The van der Waals surface area contributed by atoms with Gasteiger partial charge in [0.2, 0.25) is 5.82 Å². The molecule has 0 bridgehead atoms. The maximum atomic E-state index is 14.2. The van der Waals surface area contributed by atoms with Crippen LogP contribution in [0.4, 0.5) is 4.39 Å². The lowest BCUT2D eigenvalue weighted by Gasteiger charge is -2.14. The number of carboxylic acids is 1. The molecule has 3 aromatic rings. The number of carbonyl (C=O) groups is 1. The first-order valence-corrected chi connectivity index (χ1v) is 10.1. The Balaban J connectivity index is 0.00000385. The minimum Gasteiger partial charge on any atom is -0.491 e. The van der Waals surface area contributed by atoms with Gasteiger partial charge in [0.15, 0.2) is 0 Å². The minimum atomic E-state index is -0.982. The van der Waals surface area contributed by atoms with Crippen molar-refractivity contribution in [3.05, 3.63) is 53.3 Å². The van der Waals surface area contributed by atoms with Gasteiger partial charge in [0.05, 0.1) is 19.3 Å². The molecular weight excluding hydrogens is 453 g/mol. The molecule has 0 amide bonds. The second-order valence-corrected chi connectivity index (χ2v) is 7.72. The molecule has 1 N–H and O–H groups in total. The third kappa shape index (κ3) is 6.98. The van der Waals surface area contributed by atoms with Crippen molar-refractivity contribution in [3.8, 4) is 28.6 Å². The molecule has 1 heterocycles. The standard InChI is InChI=1S/C23H26FN3O5.ClH/c1-14(2)31-20-8-6-16(10-18(20)13-30-4)23-25-22(26-32-23)15-5-7-19(24)17(9-15)11-27(3)12-21(28)29;/h5-10,14H,11-13H2,1-4H3,(H,28,29);1H. The maximum absolute atomic E-state index is 14.2. The van der Waals surface area contributed by atoms with Crippen molar-refractivity contribution in [1.82, 2.24) is 15.0 Å². The van der Waals surface area contributed by atoms with Gasteiger partial charge in [0, 0.05) is 35.9 Å². The third-order valence-electron chi connectivity index (χ3n) is 4.55. The van der Waals surface area contributed by atoms with Gasteiger partial charge in [-0.25, -0.2) is 4.39 Å². The molecule has 0 saturated heterocycles. The highest BCUT2D eigenvalue weighted by Gasteiger charge is 2.16. The topological polar surface area (TPSA) is 97.9 Å². The lowest BCUT2D eigenvalue weighted by Crippen LogP contribution is -2.25. The molecule has 0 aliphatic rings. The van der Waals surface area contributed by atoms with Gasteiger partial charge >= 0.3 is 5.97 Å². The van der Waals surface area contributed by atoms with Crippen LogP contribution in [0.15, 0.2) is 40.9 Å². The van der Waals surface area contributed by atoms with Crippen molar-refractivity contribution >= 4 is 18.4 Å². The number of aromatic nitrogens is 2. The van der Waals surface area contributed by atoms with E-state index in [9.17, 15) is 9.18 Å². The lowest BCUT2D eigenvalue weighted by atomic mass is 10.1. The van der Waals surface area contributed by atoms with Crippen molar-refractivity contribution in [2.24, 2.45) is 0 Å². The number of hydrogen-bond donors (Lipinski definition) is 1. The quantitative estimate of drug-likeness (QED) is 0.456. The van der Waals surface area contributed by atoms with E-state index in [0.717, 1.165) is 11.3 Å². The zero-order valence-corrected chi connectivity index (χ0v) is 19.7. The number of ether oxygens (including phenoxy) is 2. The second-order valence-electron chi connectivity index (χ2n) is 7.72. The van der Waals surface area contributed by atoms with Crippen LogP contribution in [0.25, 0.3) is 22.8 Å². The van der Waals surface area contributed by atoms with Crippen LogP contribution in [0.2, 0.25) is 0 Å². The van der Waals surface area contributed by atoms with Crippen LogP contribution in [0.3, 0.4) is 0 Å². The highest BCUT2D eigenvalue weighted by atomic mass is 35.5. The summed E-state index contributed by atoms with van der Waals surface area (Å²) in [5.74, 6) is -0.0802. The molecule has 0 spiro atoms. The van der Waals surface area contributed by atoms with Gasteiger partial charge in [-0.3, -0.25) is 9.69 Å². The molecule has 0 aliphatic carbocycles. The van der Waals surface area contributed by atoms with Crippen molar-refractivity contribution in [1.29, 1.82) is 0 Å². The first-order chi connectivity index (χ1) is 15.3. The SMILES string of the molecule is COCc1cc(-c2nc(-c3ccc(F)c(CN(C)CC(=O)O)c3)no2)ccc1OC(C)C.Cl. The van der Waals surface area contributed by atoms with Crippen molar-refractivity contribution in [2.45, 2.75) is 33.1 Å². The molecule has 10 heteroatoms. The van der Waals surface area contributed by atoms with Gasteiger partial charge in [-0.2, -0.15) is 4.98 Å². The van der Waals surface area contributed by atoms with Crippen LogP contribution in [0, 0.1) is 5.82 Å². The number of methoxy groups -OCH3 is 1. The number of likely N-dealkylation sites (N-methyl/N-ethyl adjacent to an activating group) is 1. The predicted octanol–water partition coefficient (Wildman–Crippen LogP) is 4.41. The summed E-state index contributed by atoms with van der Waals surface area (Å²) in [5.41, 5.74) is 2.46. The number of hydrogen-bond acceptors (Lipinski definition) is 7. The highest BCUT2D eigenvalue weighted by Crippen LogP contribution is 2.29. The molecule has 0 radical (unpaired) electrons. The summed E-state index contributed by atoms with van der Waals surface area (Å²) in [5, 5.41) is 12.9. The first-order valence-electron chi connectivity index (χ1n) is 10.1. The van der Waals surface area contributed by atoms with Gasteiger partial charge in [0.25, 0.3) is 5.89 Å². The van der Waals surface area contributed by atoms with Gasteiger partial charge in [-0.15, -0.1) is 12.4 Å². The van der Waals surface area contributed by atoms with Crippen LogP contribution >= 0.6 is 12.4 Å². The zero-order chi connectivity index (χ0) is 23.3. The Morgan fingerprint density at radius 1 is 1.18 bits per heavy atom. The Morgan fingerprint density at radius 3 is 2.55 bits per heavy atom. The van der Waals surface area contributed by atoms with E-state index in [2.05, 4.69) is 10.1 Å². The van der Waals surface area contributed by atoms with E-state index in [1.54, 1.807) is 26.3 Å². The molecule has 0 fully saturated rings. The van der Waals surface area contributed by atoms with E-state index in [4.69, 9.17) is 19.1 Å². The Morgan fingerprint density at radius 2 is 1.88 bits per heavy atom. The summed E-state index contributed by atoms with van der Waals surface area (Å²) in [6, 6.07) is 9.99. The summed E-state index contributed by atoms with van der Waals surface area (Å²) in [6.45, 7) is 4.20. The molecule has 3 rings (SSSR count). The molecule has 8 nitrogen and oxygen atoms in total. The molecule has 0 unspecified atom stereocenters. The second kappa shape index (κ2) is 11.7. The van der Waals surface area contributed by atoms with Crippen LogP contribution in [-0.2, 0) is 22.7 Å². The zero-order valence-electron chi connectivity index (χ0n) is 18.9. The smallest absolute Gasteiger partial charge is 0.317 e. The summed E-state index contributed by atoms with van der Waals surface area (Å²) in [4.78, 5) is 16.8. The number of benzene rings is 2. The minimum absolute atomic E-state index is 0. The molecule has 33 heavy (non-hydrogen) atoms. The van der Waals surface area contributed by atoms with Crippen LogP contribution in [0.5, 0.6) is 5.75 Å². The largest absolute Gasteiger partial charge is 0.491 e. The molecule has 2 aromatic carbocycles. The number of aliphatic carboxylic acids is 1. The first kappa shape index (κ1) is 26.2. The fourth-order valence-electron chi connectivity index (χ4n) is 3.22. The average molecular weight is 480 g/mol. The summed E-state index contributed by atoms with van der Waals surface area (Å²) < 4.78 is 30.8. The summed E-state index contributed by atoms with van der Waals surface area (Å²) >= 11 is 0. The van der Waals surface area contributed by atoms with Crippen LogP contribution < -0.4 is 4.74 Å². The monoisotopic (exact) mass is 479 g/mol. The molecule has 1 aromatic heterocycles. The van der Waals surface area contributed by atoms with Gasteiger partial charge in [0.1, 0.15) is 11.6 Å². The fourth-order valence-corrected chi connectivity index (χ4v) is 3.22. The van der Waals surface area contributed by atoms with Crippen LogP contribution in [0.1, 0.15) is 25.0 Å². The summed E-state index contributed by atoms with van der Waals surface area (Å²) in [6.07, 6.45) is 0.0219. The molecule has 0 aliphatic heterocycles. The van der Waals surface area contributed by atoms with Crippen molar-refractivity contribution < 1.29 is 28.3 Å². The Hall–Kier alpha value is -3.01. The summed E-state index contributed by atoms with van der Waals surface area (Å²) in [7, 11) is 3.22. The van der Waals surface area contributed by atoms with Crippen molar-refractivity contribution in [3.63, 3.8) is 0 Å². The van der Waals surface area contributed by atoms with E-state index >= 15 is 0 Å². The highest BCUT2D eigenvalue weighted by molar-refractivity contribution is 5.85. The number of rotatable bonds is 10. The van der Waals surface area contributed by atoms with E-state index in [-0.39, 0.29) is 31.6 Å². The molecular formula is C23H27ClFN3O5. The fraction of sp³-hybridized carbons (Fsp3) is 0.348. The number of carboxylic acid groups (broad SMARTS) is 1. The lowest BCUT2D eigenvalue weighted by molar-refractivity contribution is -0.138. The maximum Gasteiger partial charge on any atom is 0.317 e. The Bertz CT molecular complexity index is 1090. The van der Waals surface area contributed by atoms with Crippen LogP contribution in [-0.4, -0.2) is 52.9 Å². The third-order valence-corrected chi connectivity index (χ3v) is 4.55. The van der Waals surface area contributed by atoms with Crippen molar-refractivity contribution in [2.75, 3.05) is 20.7 Å². The Kier molecular flexibility index (Phi) is 9.33. The van der Waals surface area contributed by atoms with Gasteiger partial charge < -0.3 is 19.1 Å². The molecule has 0 atom stereocenters. The van der Waals surface area contributed by atoms with Gasteiger partial charge in [-0.05, 0) is 57.3 Å². The van der Waals surface area contributed by atoms with E-state index in [0.29, 0.717) is 35.0 Å². The average Bonchev–Trinajstić information content (AvgIpc) is 3.20. The van der Waals surface area contributed by atoms with E-state index < -0.39 is 11.8 Å². The number of nitrogens with zero attached hydrogens (tertiary/aromatic N) is 3. The van der Waals surface area contributed by atoms with Gasteiger partial charge in [-0.1, -0.05) is 5.16 Å². The van der Waals surface area contributed by atoms with E-state index in [1.165, 1.54) is 11.0 Å². The molecule has 178 valence electrons. The number of halogens is 2. The molecule has 0 saturated carbocycles. The predicted molar refractivity (Wildman–Crippen MR) is 123 cm³/mol. The normalized spacial score (nSPS) is 11.0.